The minimum Gasteiger partial charge on any atom is -0.481 e. The molecule has 102 valence electrons. The van der Waals surface area contributed by atoms with Crippen LogP contribution < -0.4 is 5.32 Å². The van der Waals surface area contributed by atoms with Crippen molar-refractivity contribution < 1.29 is 24.6 Å². The monoisotopic (exact) mass is 329 g/mol. The van der Waals surface area contributed by atoms with Crippen molar-refractivity contribution in [1.82, 2.24) is 5.32 Å². The van der Waals surface area contributed by atoms with Gasteiger partial charge in [-0.1, -0.05) is 6.07 Å². The lowest BCUT2D eigenvalue weighted by molar-refractivity contribution is -0.145. The van der Waals surface area contributed by atoms with Crippen molar-refractivity contribution >= 4 is 33.8 Å². The van der Waals surface area contributed by atoms with Crippen LogP contribution in [-0.4, -0.2) is 34.1 Å². The summed E-state index contributed by atoms with van der Waals surface area (Å²) in [6.45, 7) is 1.84. The van der Waals surface area contributed by atoms with E-state index < -0.39 is 30.3 Å². The van der Waals surface area contributed by atoms with Gasteiger partial charge in [0, 0.05) is 4.47 Å². The second kappa shape index (κ2) is 6.33. The Morgan fingerprint density at radius 3 is 2.42 bits per heavy atom. The summed E-state index contributed by atoms with van der Waals surface area (Å²) in [5, 5.41) is 19.6. The molecule has 0 bridgehead atoms. The van der Waals surface area contributed by atoms with E-state index >= 15 is 0 Å². The van der Waals surface area contributed by atoms with E-state index in [1.165, 1.54) is 6.07 Å². The van der Waals surface area contributed by atoms with Gasteiger partial charge < -0.3 is 15.5 Å². The van der Waals surface area contributed by atoms with Crippen molar-refractivity contribution in [3.05, 3.63) is 33.8 Å². The van der Waals surface area contributed by atoms with Crippen molar-refractivity contribution in [3.8, 4) is 0 Å². The van der Waals surface area contributed by atoms with Gasteiger partial charge in [0.2, 0.25) is 0 Å². The van der Waals surface area contributed by atoms with Crippen LogP contribution in [0.4, 0.5) is 0 Å². The smallest absolute Gasteiger partial charge is 0.326 e. The number of hydrogen-bond acceptors (Lipinski definition) is 3. The predicted octanol–water partition coefficient (Wildman–Crippen LogP) is 1.42. The standard InChI is InChI=1S/C12H12BrNO5/c1-6-2-3-7(8(13)4-6)11(17)14-9(12(18)19)5-10(15)16/h2-4,9H,5H2,1H3,(H,14,17)(H,15,16)(H,18,19)/t9-/m0/s1. The first-order valence-electron chi connectivity index (χ1n) is 5.33. The van der Waals surface area contributed by atoms with Gasteiger partial charge in [0.15, 0.2) is 0 Å². The zero-order valence-corrected chi connectivity index (χ0v) is 11.6. The minimum atomic E-state index is -1.46. The van der Waals surface area contributed by atoms with E-state index in [-0.39, 0.29) is 5.56 Å². The van der Waals surface area contributed by atoms with Gasteiger partial charge in [-0.15, -0.1) is 0 Å². The second-order valence-electron chi connectivity index (χ2n) is 3.95. The third kappa shape index (κ3) is 4.36. The number of carbonyl (C=O) groups is 3. The summed E-state index contributed by atoms with van der Waals surface area (Å²) in [5.41, 5.74) is 1.19. The molecule has 0 saturated carbocycles. The number of carboxylic acids is 2. The highest BCUT2D eigenvalue weighted by Crippen LogP contribution is 2.18. The van der Waals surface area contributed by atoms with Crippen LogP contribution in [0.25, 0.3) is 0 Å². The van der Waals surface area contributed by atoms with Crippen LogP contribution in [0.1, 0.15) is 22.3 Å². The molecule has 1 amide bonds. The number of hydrogen-bond donors (Lipinski definition) is 3. The van der Waals surface area contributed by atoms with Crippen LogP contribution in [0, 0.1) is 6.92 Å². The van der Waals surface area contributed by atoms with Crippen LogP contribution in [0.5, 0.6) is 0 Å². The Hall–Kier alpha value is -1.89. The first-order chi connectivity index (χ1) is 8.81. The first-order valence-corrected chi connectivity index (χ1v) is 6.12. The summed E-state index contributed by atoms with van der Waals surface area (Å²) in [7, 11) is 0. The van der Waals surface area contributed by atoms with Crippen LogP contribution in [0.2, 0.25) is 0 Å². The van der Waals surface area contributed by atoms with Gasteiger partial charge >= 0.3 is 11.9 Å². The lowest BCUT2D eigenvalue weighted by Crippen LogP contribution is -2.42. The number of carbonyl (C=O) groups excluding carboxylic acids is 1. The summed E-state index contributed by atoms with van der Waals surface area (Å²) in [6, 6.07) is 3.49. The van der Waals surface area contributed by atoms with E-state index in [0.717, 1.165) is 5.56 Å². The predicted molar refractivity (Wildman–Crippen MR) is 70.0 cm³/mol. The Kier molecular flexibility index (Phi) is 5.05. The Labute approximate surface area is 117 Å². The topological polar surface area (TPSA) is 104 Å². The zero-order valence-electron chi connectivity index (χ0n) is 10.0. The van der Waals surface area contributed by atoms with E-state index in [2.05, 4.69) is 21.2 Å². The van der Waals surface area contributed by atoms with Gasteiger partial charge in [0.1, 0.15) is 6.04 Å². The maximum absolute atomic E-state index is 11.9. The average Bonchev–Trinajstić information content (AvgIpc) is 2.26. The molecule has 0 aliphatic rings. The molecular formula is C12H12BrNO5. The normalized spacial score (nSPS) is 11.7. The molecule has 7 heteroatoms. The fourth-order valence-corrected chi connectivity index (χ4v) is 2.09. The number of nitrogens with one attached hydrogen (secondary N) is 1. The molecule has 0 aliphatic heterocycles. The van der Waals surface area contributed by atoms with E-state index in [9.17, 15) is 14.4 Å². The molecule has 0 unspecified atom stereocenters. The minimum absolute atomic E-state index is 0.252. The highest BCUT2D eigenvalue weighted by atomic mass is 79.9. The molecule has 0 aliphatic carbocycles. The third-order valence-electron chi connectivity index (χ3n) is 2.35. The summed E-state index contributed by atoms with van der Waals surface area (Å²) < 4.78 is 0.518. The molecule has 0 spiro atoms. The summed E-state index contributed by atoms with van der Waals surface area (Å²) in [6.07, 6.45) is -0.676. The molecule has 0 saturated heterocycles. The van der Waals surface area contributed by atoms with E-state index in [1.807, 2.05) is 6.92 Å². The van der Waals surface area contributed by atoms with Crippen molar-refractivity contribution in [2.24, 2.45) is 0 Å². The number of aryl methyl sites for hydroxylation is 1. The molecule has 0 heterocycles. The Balaban J connectivity index is 2.87. The highest BCUT2D eigenvalue weighted by Gasteiger charge is 2.24. The van der Waals surface area contributed by atoms with Crippen LogP contribution in [0.3, 0.4) is 0 Å². The average molecular weight is 330 g/mol. The molecule has 6 nitrogen and oxygen atoms in total. The van der Waals surface area contributed by atoms with Crippen molar-refractivity contribution in [1.29, 1.82) is 0 Å². The Morgan fingerprint density at radius 1 is 1.32 bits per heavy atom. The first kappa shape index (κ1) is 15.2. The molecule has 1 rings (SSSR count). The molecule has 3 N–H and O–H groups in total. The molecule has 1 aromatic rings. The number of halogens is 1. The maximum atomic E-state index is 11.9. The number of benzene rings is 1. The molecule has 19 heavy (non-hydrogen) atoms. The van der Waals surface area contributed by atoms with Crippen LogP contribution >= 0.6 is 15.9 Å². The maximum Gasteiger partial charge on any atom is 0.326 e. The van der Waals surface area contributed by atoms with E-state index in [1.54, 1.807) is 12.1 Å². The number of carboxylic acid groups (broad SMARTS) is 2. The molecule has 1 aromatic carbocycles. The fourth-order valence-electron chi connectivity index (χ4n) is 1.41. The molecule has 0 radical (unpaired) electrons. The SMILES string of the molecule is Cc1ccc(C(=O)N[C@@H](CC(=O)O)C(=O)O)c(Br)c1. The van der Waals surface area contributed by atoms with Gasteiger partial charge in [-0.3, -0.25) is 9.59 Å². The molecule has 1 atom stereocenters. The van der Waals surface area contributed by atoms with Gasteiger partial charge in [0.25, 0.3) is 5.91 Å². The van der Waals surface area contributed by atoms with E-state index in [4.69, 9.17) is 10.2 Å². The van der Waals surface area contributed by atoms with Crippen molar-refractivity contribution in [2.75, 3.05) is 0 Å². The highest BCUT2D eigenvalue weighted by molar-refractivity contribution is 9.10. The summed E-state index contributed by atoms with van der Waals surface area (Å²) in [4.78, 5) is 33.2. The summed E-state index contributed by atoms with van der Waals surface area (Å²) >= 11 is 3.20. The summed E-state index contributed by atoms with van der Waals surface area (Å²) in [5.74, 6) is -3.32. The molecule has 0 aromatic heterocycles. The van der Waals surface area contributed by atoms with Crippen molar-refractivity contribution in [3.63, 3.8) is 0 Å². The fraction of sp³-hybridized carbons (Fsp3) is 0.250. The largest absolute Gasteiger partial charge is 0.481 e. The zero-order chi connectivity index (χ0) is 14.6. The van der Waals surface area contributed by atoms with Gasteiger partial charge in [0.05, 0.1) is 12.0 Å². The number of aliphatic carboxylic acids is 2. The van der Waals surface area contributed by atoms with Crippen LogP contribution in [0.15, 0.2) is 22.7 Å². The quantitative estimate of drug-likeness (QED) is 0.757. The molecule has 0 fully saturated rings. The second-order valence-corrected chi connectivity index (χ2v) is 4.80. The number of amides is 1. The van der Waals surface area contributed by atoms with Gasteiger partial charge in [-0.25, -0.2) is 4.79 Å². The van der Waals surface area contributed by atoms with E-state index in [0.29, 0.717) is 4.47 Å². The van der Waals surface area contributed by atoms with Crippen LogP contribution in [-0.2, 0) is 9.59 Å². The third-order valence-corrected chi connectivity index (χ3v) is 3.01. The lowest BCUT2D eigenvalue weighted by atomic mass is 10.1. The molecular weight excluding hydrogens is 318 g/mol. The Morgan fingerprint density at radius 2 is 1.95 bits per heavy atom. The van der Waals surface area contributed by atoms with Gasteiger partial charge in [-0.2, -0.15) is 0 Å². The lowest BCUT2D eigenvalue weighted by Gasteiger charge is -2.13. The number of rotatable bonds is 5. The van der Waals surface area contributed by atoms with Crippen molar-refractivity contribution in [2.45, 2.75) is 19.4 Å². The van der Waals surface area contributed by atoms with Gasteiger partial charge in [-0.05, 0) is 40.5 Å². The Bertz CT molecular complexity index is 529.